The lowest BCUT2D eigenvalue weighted by Crippen LogP contribution is -2.02. The Morgan fingerprint density at radius 3 is 2.04 bits per heavy atom. The number of Topliss-reactive ketones (excluding diaryl/α,β-unsaturated/α-hetero) is 1. The minimum atomic E-state index is -0.0991. The van der Waals surface area contributed by atoms with E-state index in [-0.39, 0.29) is 11.5 Å². The third-order valence-corrected chi connectivity index (χ3v) is 3.71. The Morgan fingerprint density at radius 2 is 1.42 bits per heavy atom. The van der Waals surface area contributed by atoms with Crippen molar-refractivity contribution in [3.05, 3.63) is 95.6 Å². The largest absolute Gasteiger partial charge is 0.508 e. The molecular weight excluding hydrogens is 298 g/mol. The van der Waals surface area contributed by atoms with Gasteiger partial charge >= 0.3 is 0 Å². The topological polar surface area (TPSA) is 63.3 Å². The first-order chi connectivity index (χ1) is 11.6. The van der Waals surface area contributed by atoms with Crippen LogP contribution in [0.25, 0.3) is 11.6 Å². The number of ketones is 1. The van der Waals surface area contributed by atoms with Crippen molar-refractivity contribution in [2.75, 3.05) is 5.73 Å². The van der Waals surface area contributed by atoms with Gasteiger partial charge in [-0.25, -0.2) is 0 Å². The summed E-state index contributed by atoms with van der Waals surface area (Å²) in [6, 6.07) is 23.2. The molecule has 0 aliphatic rings. The molecule has 0 atom stereocenters. The highest BCUT2D eigenvalue weighted by atomic mass is 16.3. The zero-order valence-electron chi connectivity index (χ0n) is 13.0. The number of nitrogen functional groups attached to an aromatic ring is 1. The number of rotatable bonds is 4. The summed E-state index contributed by atoms with van der Waals surface area (Å²) in [4.78, 5) is 13.0. The van der Waals surface area contributed by atoms with E-state index in [1.54, 1.807) is 24.3 Å². The van der Waals surface area contributed by atoms with Crippen LogP contribution in [0.2, 0.25) is 0 Å². The molecule has 0 heterocycles. The van der Waals surface area contributed by atoms with E-state index >= 15 is 0 Å². The number of benzene rings is 3. The van der Waals surface area contributed by atoms with Crippen LogP contribution in [-0.2, 0) is 0 Å². The number of allylic oxidation sites excluding steroid dienone is 1. The molecular formula is C21H17NO2. The molecule has 3 N–H and O–H groups in total. The number of anilines is 1. The number of carbonyl (C=O) groups excluding carboxylic acids is 1. The molecule has 3 aromatic carbocycles. The molecule has 3 aromatic rings. The number of phenols is 1. The predicted molar refractivity (Wildman–Crippen MR) is 97.6 cm³/mol. The van der Waals surface area contributed by atoms with E-state index in [9.17, 15) is 9.90 Å². The molecule has 0 aliphatic carbocycles. The molecule has 118 valence electrons. The van der Waals surface area contributed by atoms with Crippen LogP contribution in [0, 0.1) is 0 Å². The first kappa shape index (κ1) is 15.6. The summed E-state index contributed by atoms with van der Waals surface area (Å²) in [5, 5.41) is 9.42. The third kappa shape index (κ3) is 3.52. The number of hydrogen-bond acceptors (Lipinski definition) is 3. The number of phenolic OH excluding ortho intramolecular Hbond substituents is 1. The maximum atomic E-state index is 13.0. The van der Waals surface area contributed by atoms with Gasteiger partial charge in [-0.05, 0) is 53.6 Å². The SMILES string of the molecule is Nc1ccc(C=C(C(=O)c2ccc(O)cc2)c2ccccc2)cc1. The van der Waals surface area contributed by atoms with E-state index in [0.29, 0.717) is 16.8 Å². The van der Waals surface area contributed by atoms with Crippen LogP contribution >= 0.6 is 0 Å². The smallest absolute Gasteiger partial charge is 0.193 e. The molecule has 0 radical (unpaired) electrons. The Morgan fingerprint density at radius 1 is 0.792 bits per heavy atom. The van der Waals surface area contributed by atoms with E-state index in [1.807, 2.05) is 48.5 Å². The lowest BCUT2D eigenvalue weighted by Gasteiger charge is -2.08. The molecule has 3 heteroatoms. The lowest BCUT2D eigenvalue weighted by molar-refractivity contribution is 0.105. The molecule has 24 heavy (non-hydrogen) atoms. The fourth-order valence-corrected chi connectivity index (χ4v) is 2.42. The highest BCUT2D eigenvalue weighted by Gasteiger charge is 2.14. The van der Waals surface area contributed by atoms with Gasteiger partial charge in [0.1, 0.15) is 5.75 Å². The molecule has 3 nitrogen and oxygen atoms in total. The summed E-state index contributed by atoms with van der Waals surface area (Å²) >= 11 is 0. The van der Waals surface area contributed by atoms with Crippen LogP contribution in [0.5, 0.6) is 5.75 Å². The number of carbonyl (C=O) groups is 1. The molecule has 0 spiro atoms. The van der Waals surface area contributed by atoms with Crippen molar-refractivity contribution in [1.82, 2.24) is 0 Å². The Hall–Kier alpha value is -3.33. The van der Waals surface area contributed by atoms with Crippen LogP contribution in [0.3, 0.4) is 0 Å². The normalized spacial score (nSPS) is 11.2. The highest BCUT2D eigenvalue weighted by molar-refractivity contribution is 6.32. The van der Waals surface area contributed by atoms with Crippen molar-refractivity contribution in [2.24, 2.45) is 0 Å². The number of nitrogens with two attached hydrogens (primary N) is 1. The van der Waals surface area contributed by atoms with E-state index in [1.165, 1.54) is 12.1 Å². The Kier molecular flexibility index (Phi) is 4.43. The van der Waals surface area contributed by atoms with Crippen molar-refractivity contribution in [2.45, 2.75) is 0 Å². The molecule has 0 amide bonds. The van der Waals surface area contributed by atoms with Crippen LogP contribution in [0.15, 0.2) is 78.9 Å². The van der Waals surface area contributed by atoms with Crippen molar-refractivity contribution in [3.8, 4) is 5.75 Å². The molecule has 0 aromatic heterocycles. The van der Waals surface area contributed by atoms with Crippen LogP contribution in [-0.4, -0.2) is 10.9 Å². The predicted octanol–water partition coefficient (Wildman–Crippen LogP) is 4.40. The van der Waals surface area contributed by atoms with Gasteiger partial charge in [0.2, 0.25) is 0 Å². The Bertz CT molecular complexity index is 864. The zero-order chi connectivity index (χ0) is 16.9. The molecule has 0 fully saturated rings. The van der Waals surface area contributed by atoms with Gasteiger partial charge in [0.05, 0.1) is 0 Å². The summed E-state index contributed by atoms with van der Waals surface area (Å²) in [6.07, 6.45) is 1.85. The first-order valence-electron chi connectivity index (χ1n) is 7.60. The molecule has 3 rings (SSSR count). The van der Waals surface area contributed by atoms with Gasteiger partial charge in [-0.1, -0.05) is 42.5 Å². The second kappa shape index (κ2) is 6.84. The Labute approximate surface area is 140 Å². The monoisotopic (exact) mass is 315 g/mol. The summed E-state index contributed by atoms with van der Waals surface area (Å²) in [5.41, 5.74) is 9.25. The van der Waals surface area contributed by atoms with Gasteiger partial charge in [-0.15, -0.1) is 0 Å². The fraction of sp³-hybridized carbons (Fsp3) is 0. The maximum absolute atomic E-state index is 13.0. The highest BCUT2D eigenvalue weighted by Crippen LogP contribution is 2.24. The van der Waals surface area contributed by atoms with Gasteiger partial charge in [0.15, 0.2) is 5.78 Å². The second-order valence-electron chi connectivity index (χ2n) is 5.47. The standard InChI is InChI=1S/C21H17NO2/c22-18-10-6-15(7-11-18)14-20(16-4-2-1-3-5-16)21(24)17-8-12-19(23)13-9-17/h1-14,23H,22H2. The van der Waals surface area contributed by atoms with Gasteiger partial charge in [0.25, 0.3) is 0 Å². The average molecular weight is 315 g/mol. The molecule has 0 aliphatic heterocycles. The van der Waals surface area contributed by atoms with Gasteiger partial charge in [-0.3, -0.25) is 4.79 Å². The van der Waals surface area contributed by atoms with Crippen LogP contribution < -0.4 is 5.73 Å². The average Bonchev–Trinajstić information content (AvgIpc) is 2.62. The number of aromatic hydroxyl groups is 1. The van der Waals surface area contributed by atoms with Gasteiger partial charge in [0, 0.05) is 16.8 Å². The summed E-state index contributed by atoms with van der Waals surface area (Å²) in [7, 11) is 0. The maximum Gasteiger partial charge on any atom is 0.193 e. The van der Waals surface area contributed by atoms with Crippen molar-refractivity contribution in [3.63, 3.8) is 0 Å². The molecule has 0 unspecified atom stereocenters. The van der Waals surface area contributed by atoms with Crippen molar-refractivity contribution < 1.29 is 9.90 Å². The van der Waals surface area contributed by atoms with Crippen LogP contribution in [0.1, 0.15) is 21.5 Å². The summed E-state index contributed by atoms with van der Waals surface area (Å²) in [5.74, 6) is 0.0355. The van der Waals surface area contributed by atoms with Crippen molar-refractivity contribution >= 4 is 23.1 Å². The quantitative estimate of drug-likeness (QED) is 0.325. The van der Waals surface area contributed by atoms with E-state index in [4.69, 9.17) is 5.73 Å². The fourth-order valence-electron chi connectivity index (χ4n) is 2.42. The lowest BCUT2D eigenvalue weighted by atomic mass is 9.94. The van der Waals surface area contributed by atoms with E-state index in [2.05, 4.69) is 0 Å². The van der Waals surface area contributed by atoms with Crippen LogP contribution in [0.4, 0.5) is 5.69 Å². The minimum absolute atomic E-state index is 0.0991. The first-order valence-corrected chi connectivity index (χ1v) is 7.60. The van der Waals surface area contributed by atoms with E-state index in [0.717, 1.165) is 11.1 Å². The Balaban J connectivity index is 2.06. The minimum Gasteiger partial charge on any atom is -0.508 e. The summed E-state index contributed by atoms with van der Waals surface area (Å²) < 4.78 is 0. The number of hydrogen-bond donors (Lipinski definition) is 2. The third-order valence-electron chi connectivity index (χ3n) is 3.71. The van der Waals surface area contributed by atoms with Gasteiger partial charge in [-0.2, -0.15) is 0 Å². The molecule has 0 saturated carbocycles. The van der Waals surface area contributed by atoms with E-state index < -0.39 is 0 Å². The molecule has 0 saturated heterocycles. The molecule has 0 bridgehead atoms. The second-order valence-corrected chi connectivity index (χ2v) is 5.47. The van der Waals surface area contributed by atoms with Crippen molar-refractivity contribution in [1.29, 1.82) is 0 Å². The van der Waals surface area contributed by atoms with Gasteiger partial charge < -0.3 is 10.8 Å². The summed E-state index contributed by atoms with van der Waals surface area (Å²) in [6.45, 7) is 0. The zero-order valence-corrected chi connectivity index (χ0v) is 13.0.